The Bertz CT molecular complexity index is 1010. The first-order valence-electron chi connectivity index (χ1n) is 9.01. The minimum atomic E-state index is -0.0652. The standard InChI is InChI=1S/C21H19N5O/c22-14-16-6-8-20(23-15-16)25-12-10-18(11-13-25)26-21(27)9-7-19(24-26)17-4-2-1-3-5-17/h1-9,15,18H,10-13H2. The van der Waals surface area contributed by atoms with Gasteiger partial charge in [0.1, 0.15) is 11.9 Å². The molecule has 1 aliphatic heterocycles. The lowest BCUT2D eigenvalue weighted by atomic mass is 10.0. The molecule has 3 heterocycles. The van der Waals surface area contributed by atoms with Crippen molar-refractivity contribution in [1.29, 1.82) is 5.26 Å². The van der Waals surface area contributed by atoms with E-state index in [4.69, 9.17) is 5.26 Å². The van der Waals surface area contributed by atoms with E-state index in [9.17, 15) is 4.79 Å². The van der Waals surface area contributed by atoms with Crippen LogP contribution in [0.4, 0.5) is 5.82 Å². The van der Waals surface area contributed by atoms with Gasteiger partial charge in [-0.25, -0.2) is 9.67 Å². The van der Waals surface area contributed by atoms with E-state index in [-0.39, 0.29) is 11.6 Å². The number of piperidine rings is 1. The van der Waals surface area contributed by atoms with Gasteiger partial charge in [-0.05, 0) is 31.0 Å². The molecule has 6 nitrogen and oxygen atoms in total. The first kappa shape index (κ1) is 17.0. The minimum absolute atomic E-state index is 0.0652. The van der Waals surface area contributed by atoms with Gasteiger partial charge in [0.2, 0.25) is 0 Å². The van der Waals surface area contributed by atoms with Crippen LogP contribution in [-0.2, 0) is 0 Å². The van der Waals surface area contributed by atoms with Gasteiger partial charge >= 0.3 is 0 Å². The van der Waals surface area contributed by atoms with E-state index in [1.807, 2.05) is 36.4 Å². The number of nitrogens with zero attached hydrogens (tertiary/aromatic N) is 5. The lowest BCUT2D eigenvalue weighted by Gasteiger charge is -2.33. The molecule has 0 radical (unpaired) electrons. The molecule has 0 spiro atoms. The number of anilines is 1. The van der Waals surface area contributed by atoms with Crippen LogP contribution in [0.15, 0.2) is 65.6 Å². The van der Waals surface area contributed by atoms with Crippen molar-refractivity contribution in [3.63, 3.8) is 0 Å². The van der Waals surface area contributed by atoms with Crippen molar-refractivity contribution >= 4 is 5.82 Å². The maximum absolute atomic E-state index is 12.4. The Kier molecular flexibility index (Phi) is 4.67. The molecule has 0 aliphatic carbocycles. The van der Waals surface area contributed by atoms with E-state index in [1.165, 1.54) is 0 Å². The van der Waals surface area contributed by atoms with Crippen molar-refractivity contribution in [2.24, 2.45) is 0 Å². The molecule has 1 aliphatic rings. The van der Waals surface area contributed by atoms with Crippen LogP contribution in [0.5, 0.6) is 0 Å². The highest BCUT2D eigenvalue weighted by atomic mass is 16.1. The van der Waals surface area contributed by atoms with Crippen molar-refractivity contribution in [3.8, 4) is 17.3 Å². The topological polar surface area (TPSA) is 74.8 Å². The van der Waals surface area contributed by atoms with Gasteiger partial charge in [0.05, 0.1) is 17.3 Å². The number of rotatable bonds is 3. The zero-order valence-electron chi connectivity index (χ0n) is 14.8. The second-order valence-electron chi connectivity index (χ2n) is 6.60. The zero-order valence-corrected chi connectivity index (χ0v) is 14.8. The van der Waals surface area contributed by atoms with Crippen LogP contribution in [0.1, 0.15) is 24.4 Å². The molecule has 4 rings (SSSR count). The summed E-state index contributed by atoms with van der Waals surface area (Å²) >= 11 is 0. The molecule has 3 aromatic rings. The number of hydrogen-bond donors (Lipinski definition) is 0. The van der Waals surface area contributed by atoms with Crippen LogP contribution in [0, 0.1) is 11.3 Å². The molecule has 134 valence electrons. The fourth-order valence-electron chi connectivity index (χ4n) is 3.43. The largest absolute Gasteiger partial charge is 0.356 e. The van der Waals surface area contributed by atoms with Crippen molar-refractivity contribution in [2.75, 3.05) is 18.0 Å². The fraction of sp³-hybridized carbons (Fsp3) is 0.238. The molecular formula is C21H19N5O. The highest BCUT2D eigenvalue weighted by molar-refractivity contribution is 5.57. The Morgan fingerprint density at radius 3 is 2.44 bits per heavy atom. The number of pyridine rings is 1. The van der Waals surface area contributed by atoms with E-state index in [2.05, 4.69) is 21.1 Å². The predicted molar refractivity (Wildman–Crippen MR) is 103 cm³/mol. The van der Waals surface area contributed by atoms with Crippen molar-refractivity contribution < 1.29 is 0 Å². The monoisotopic (exact) mass is 357 g/mol. The summed E-state index contributed by atoms with van der Waals surface area (Å²) in [6.07, 6.45) is 3.25. The van der Waals surface area contributed by atoms with Crippen LogP contribution in [0.25, 0.3) is 11.3 Å². The first-order chi connectivity index (χ1) is 13.2. The van der Waals surface area contributed by atoms with E-state index in [0.717, 1.165) is 43.0 Å². The van der Waals surface area contributed by atoms with Crippen LogP contribution in [0.2, 0.25) is 0 Å². The summed E-state index contributed by atoms with van der Waals surface area (Å²) in [6.45, 7) is 1.60. The summed E-state index contributed by atoms with van der Waals surface area (Å²) in [4.78, 5) is 18.9. The summed E-state index contributed by atoms with van der Waals surface area (Å²) in [5.74, 6) is 0.866. The number of nitriles is 1. The molecule has 6 heteroatoms. The van der Waals surface area contributed by atoms with Crippen molar-refractivity contribution in [1.82, 2.24) is 14.8 Å². The van der Waals surface area contributed by atoms with Gasteiger partial charge in [-0.15, -0.1) is 0 Å². The minimum Gasteiger partial charge on any atom is -0.356 e. The first-order valence-corrected chi connectivity index (χ1v) is 9.01. The summed E-state index contributed by atoms with van der Waals surface area (Å²) in [5.41, 5.74) is 2.31. The molecule has 0 atom stereocenters. The van der Waals surface area contributed by atoms with Gasteiger partial charge in [-0.1, -0.05) is 30.3 Å². The maximum atomic E-state index is 12.4. The van der Waals surface area contributed by atoms with Gasteiger partial charge in [0.15, 0.2) is 0 Å². The lowest BCUT2D eigenvalue weighted by Crippen LogP contribution is -2.38. The summed E-state index contributed by atoms with van der Waals surface area (Å²) in [7, 11) is 0. The van der Waals surface area contributed by atoms with Crippen molar-refractivity contribution in [3.05, 3.63) is 76.7 Å². The van der Waals surface area contributed by atoms with Gasteiger partial charge in [-0.3, -0.25) is 4.79 Å². The second-order valence-corrected chi connectivity index (χ2v) is 6.60. The van der Waals surface area contributed by atoms with Crippen molar-refractivity contribution in [2.45, 2.75) is 18.9 Å². The fourth-order valence-corrected chi connectivity index (χ4v) is 3.43. The van der Waals surface area contributed by atoms with Crippen LogP contribution < -0.4 is 10.5 Å². The Labute approximate surface area is 157 Å². The van der Waals surface area contributed by atoms with Crippen LogP contribution >= 0.6 is 0 Å². The van der Waals surface area contributed by atoms with E-state index in [0.29, 0.717) is 5.56 Å². The highest BCUT2D eigenvalue weighted by Crippen LogP contribution is 2.25. The van der Waals surface area contributed by atoms with Crippen LogP contribution in [0.3, 0.4) is 0 Å². The van der Waals surface area contributed by atoms with Crippen LogP contribution in [-0.4, -0.2) is 27.9 Å². The average Bonchev–Trinajstić information content (AvgIpc) is 2.75. The molecule has 1 aromatic carbocycles. The Morgan fingerprint density at radius 2 is 1.78 bits per heavy atom. The van der Waals surface area contributed by atoms with Gasteiger partial charge in [0, 0.05) is 30.9 Å². The lowest BCUT2D eigenvalue weighted by molar-refractivity contribution is 0.353. The Morgan fingerprint density at radius 1 is 1.00 bits per heavy atom. The normalized spacial score (nSPS) is 14.7. The summed E-state index contributed by atoms with van der Waals surface area (Å²) < 4.78 is 1.63. The molecule has 0 saturated carbocycles. The van der Waals surface area contributed by atoms with Gasteiger partial charge in [0.25, 0.3) is 5.56 Å². The molecule has 0 amide bonds. The Hall–Kier alpha value is -3.46. The molecule has 27 heavy (non-hydrogen) atoms. The maximum Gasteiger partial charge on any atom is 0.267 e. The number of benzene rings is 1. The van der Waals surface area contributed by atoms with Gasteiger partial charge in [-0.2, -0.15) is 10.4 Å². The Balaban J connectivity index is 1.51. The average molecular weight is 357 g/mol. The predicted octanol–water partition coefficient (Wildman–Crippen LogP) is 3.02. The quantitative estimate of drug-likeness (QED) is 0.720. The number of hydrogen-bond acceptors (Lipinski definition) is 5. The van der Waals surface area contributed by atoms with E-state index >= 15 is 0 Å². The third-order valence-corrected chi connectivity index (χ3v) is 4.91. The smallest absolute Gasteiger partial charge is 0.267 e. The van der Waals surface area contributed by atoms with E-state index in [1.54, 1.807) is 29.1 Å². The molecule has 0 bridgehead atoms. The molecular weight excluding hydrogens is 338 g/mol. The van der Waals surface area contributed by atoms with E-state index < -0.39 is 0 Å². The zero-order chi connectivity index (χ0) is 18.6. The highest BCUT2D eigenvalue weighted by Gasteiger charge is 2.23. The van der Waals surface area contributed by atoms with Gasteiger partial charge < -0.3 is 4.90 Å². The molecule has 1 fully saturated rings. The molecule has 1 saturated heterocycles. The third kappa shape index (κ3) is 3.58. The third-order valence-electron chi connectivity index (χ3n) is 4.91. The summed E-state index contributed by atoms with van der Waals surface area (Å²) in [5, 5.41) is 13.5. The number of aromatic nitrogens is 3. The molecule has 0 unspecified atom stereocenters. The molecule has 0 N–H and O–H groups in total. The summed E-state index contributed by atoms with van der Waals surface area (Å²) in [6, 6.07) is 19.1. The second kappa shape index (κ2) is 7.42. The SMILES string of the molecule is N#Cc1ccc(N2CCC(n3nc(-c4ccccc4)ccc3=O)CC2)nc1. The molecule has 2 aromatic heterocycles.